The van der Waals surface area contributed by atoms with E-state index in [4.69, 9.17) is 0 Å². The number of alkyl halides is 3. The Morgan fingerprint density at radius 3 is 2.50 bits per heavy atom. The van der Waals surface area contributed by atoms with Crippen LogP contribution in [0.25, 0.3) is 0 Å². The minimum Gasteiger partial charge on any atom is -0.393 e. The first-order valence-electron chi connectivity index (χ1n) is 7.08. The Bertz CT molecular complexity index is 422. The quantitative estimate of drug-likeness (QED) is 0.925. The van der Waals surface area contributed by atoms with Gasteiger partial charge in [-0.3, -0.25) is 4.68 Å². The molecule has 1 aliphatic carbocycles. The molecule has 1 aliphatic rings. The minimum absolute atomic E-state index is 0.00488. The van der Waals surface area contributed by atoms with E-state index in [9.17, 15) is 18.3 Å². The van der Waals surface area contributed by atoms with Crippen molar-refractivity contribution in [1.82, 2.24) is 9.78 Å². The molecule has 6 heteroatoms. The van der Waals surface area contributed by atoms with Gasteiger partial charge in [0.25, 0.3) is 0 Å². The van der Waals surface area contributed by atoms with E-state index >= 15 is 0 Å². The van der Waals surface area contributed by atoms with Crippen LogP contribution >= 0.6 is 0 Å². The molecular weight excluding hydrogens is 269 g/mol. The highest BCUT2D eigenvalue weighted by molar-refractivity contribution is 5.03. The SMILES string of the molecule is Cn1cc(CCC(O)C2CCC(C(F)(F)F)CC2)cn1. The third-order valence-electron chi connectivity index (χ3n) is 4.27. The van der Waals surface area contributed by atoms with E-state index < -0.39 is 18.2 Å². The first-order valence-corrected chi connectivity index (χ1v) is 7.08. The van der Waals surface area contributed by atoms with Crippen molar-refractivity contribution in [2.24, 2.45) is 18.9 Å². The van der Waals surface area contributed by atoms with E-state index in [0.717, 1.165) is 5.56 Å². The Morgan fingerprint density at radius 2 is 2.00 bits per heavy atom. The van der Waals surface area contributed by atoms with Crippen molar-refractivity contribution >= 4 is 0 Å². The topological polar surface area (TPSA) is 38.0 Å². The van der Waals surface area contributed by atoms with Crippen LogP contribution in [0.3, 0.4) is 0 Å². The number of nitrogens with zero attached hydrogens (tertiary/aromatic N) is 2. The Labute approximate surface area is 116 Å². The van der Waals surface area contributed by atoms with E-state index in [-0.39, 0.29) is 18.8 Å². The molecule has 1 aromatic rings. The van der Waals surface area contributed by atoms with Gasteiger partial charge in [0.1, 0.15) is 0 Å². The van der Waals surface area contributed by atoms with Crippen LogP contribution < -0.4 is 0 Å². The number of hydrogen-bond donors (Lipinski definition) is 1. The average Bonchev–Trinajstić information content (AvgIpc) is 2.81. The van der Waals surface area contributed by atoms with Crippen molar-refractivity contribution in [3.05, 3.63) is 18.0 Å². The lowest BCUT2D eigenvalue weighted by Crippen LogP contribution is -2.32. The molecule has 114 valence electrons. The average molecular weight is 290 g/mol. The van der Waals surface area contributed by atoms with Crippen molar-refractivity contribution in [1.29, 1.82) is 0 Å². The second-order valence-corrected chi connectivity index (χ2v) is 5.78. The fourth-order valence-corrected chi connectivity index (χ4v) is 2.98. The van der Waals surface area contributed by atoms with Crippen LogP contribution in [0, 0.1) is 11.8 Å². The zero-order valence-corrected chi connectivity index (χ0v) is 11.6. The van der Waals surface area contributed by atoms with Gasteiger partial charge >= 0.3 is 6.18 Å². The molecule has 1 heterocycles. The van der Waals surface area contributed by atoms with E-state index in [1.165, 1.54) is 0 Å². The summed E-state index contributed by atoms with van der Waals surface area (Å²) in [4.78, 5) is 0. The molecule has 1 aromatic heterocycles. The molecule has 1 N–H and O–H groups in total. The maximum absolute atomic E-state index is 12.6. The van der Waals surface area contributed by atoms with Crippen LogP contribution in [0.15, 0.2) is 12.4 Å². The molecule has 1 unspecified atom stereocenters. The van der Waals surface area contributed by atoms with Gasteiger partial charge in [-0.1, -0.05) is 0 Å². The van der Waals surface area contributed by atoms with Crippen molar-refractivity contribution < 1.29 is 18.3 Å². The Morgan fingerprint density at radius 1 is 1.35 bits per heavy atom. The molecule has 1 fully saturated rings. The number of aryl methyl sites for hydroxylation is 2. The summed E-state index contributed by atoms with van der Waals surface area (Å²) >= 11 is 0. The summed E-state index contributed by atoms with van der Waals surface area (Å²) in [6.45, 7) is 0. The van der Waals surface area contributed by atoms with Gasteiger partial charge in [-0.2, -0.15) is 18.3 Å². The Balaban J connectivity index is 1.76. The van der Waals surface area contributed by atoms with Gasteiger partial charge in [-0.15, -0.1) is 0 Å². The molecule has 20 heavy (non-hydrogen) atoms. The van der Waals surface area contributed by atoms with E-state index in [1.54, 1.807) is 10.9 Å². The minimum atomic E-state index is -4.08. The highest BCUT2D eigenvalue weighted by Crippen LogP contribution is 2.40. The smallest absolute Gasteiger partial charge is 0.391 e. The summed E-state index contributed by atoms with van der Waals surface area (Å²) in [6, 6.07) is 0. The van der Waals surface area contributed by atoms with Gasteiger partial charge in [0.05, 0.1) is 18.2 Å². The lowest BCUT2D eigenvalue weighted by molar-refractivity contribution is -0.185. The second kappa shape index (κ2) is 6.16. The summed E-state index contributed by atoms with van der Waals surface area (Å²) in [5.41, 5.74) is 1.05. The predicted molar refractivity (Wildman–Crippen MR) is 69.0 cm³/mol. The van der Waals surface area contributed by atoms with Crippen LogP contribution in [-0.2, 0) is 13.5 Å². The lowest BCUT2D eigenvalue weighted by Gasteiger charge is -2.32. The van der Waals surface area contributed by atoms with Crippen LogP contribution in [0.1, 0.15) is 37.7 Å². The molecule has 0 aliphatic heterocycles. The largest absolute Gasteiger partial charge is 0.393 e. The third kappa shape index (κ3) is 3.98. The molecule has 0 spiro atoms. The molecule has 2 rings (SSSR count). The monoisotopic (exact) mass is 290 g/mol. The molecule has 0 radical (unpaired) electrons. The summed E-state index contributed by atoms with van der Waals surface area (Å²) < 4.78 is 39.4. The van der Waals surface area contributed by atoms with Crippen molar-refractivity contribution in [3.63, 3.8) is 0 Å². The maximum atomic E-state index is 12.6. The van der Waals surface area contributed by atoms with E-state index in [1.807, 2.05) is 13.2 Å². The third-order valence-corrected chi connectivity index (χ3v) is 4.27. The van der Waals surface area contributed by atoms with Crippen LogP contribution in [-0.4, -0.2) is 27.2 Å². The fraction of sp³-hybridized carbons (Fsp3) is 0.786. The van der Waals surface area contributed by atoms with Gasteiger partial charge < -0.3 is 5.11 Å². The van der Waals surface area contributed by atoms with Crippen molar-refractivity contribution in [3.8, 4) is 0 Å². The number of hydrogen-bond acceptors (Lipinski definition) is 2. The maximum Gasteiger partial charge on any atom is 0.391 e. The molecule has 0 aromatic carbocycles. The zero-order valence-electron chi connectivity index (χ0n) is 11.6. The highest BCUT2D eigenvalue weighted by Gasteiger charge is 2.42. The van der Waals surface area contributed by atoms with Gasteiger partial charge in [-0.25, -0.2) is 0 Å². The van der Waals surface area contributed by atoms with Gasteiger partial charge in [-0.05, 0) is 50.0 Å². The second-order valence-electron chi connectivity index (χ2n) is 5.78. The lowest BCUT2D eigenvalue weighted by atomic mass is 9.78. The van der Waals surface area contributed by atoms with E-state index in [2.05, 4.69) is 5.10 Å². The molecule has 1 atom stereocenters. The molecule has 0 saturated heterocycles. The first kappa shape index (κ1) is 15.4. The summed E-state index contributed by atoms with van der Waals surface area (Å²) in [5, 5.41) is 14.2. The Kier molecular flexibility index (Phi) is 4.73. The number of aliphatic hydroxyl groups excluding tert-OH is 1. The Hall–Kier alpha value is -1.04. The molecule has 0 amide bonds. The van der Waals surface area contributed by atoms with Crippen LogP contribution in [0.4, 0.5) is 13.2 Å². The number of rotatable bonds is 4. The summed E-state index contributed by atoms with van der Waals surface area (Å²) in [7, 11) is 1.83. The normalized spacial score (nSPS) is 25.6. The van der Waals surface area contributed by atoms with Crippen LogP contribution in [0.5, 0.6) is 0 Å². The van der Waals surface area contributed by atoms with E-state index in [0.29, 0.717) is 25.7 Å². The molecular formula is C14H21F3N2O. The molecule has 3 nitrogen and oxygen atoms in total. The van der Waals surface area contributed by atoms with Gasteiger partial charge in [0.2, 0.25) is 0 Å². The summed E-state index contributed by atoms with van der Waals surface area (Å²) in [6.07, 6.45) is 1.62. The van der Waals surface area contributed by atoms with Gasteiger partial charge in [0.15, 0.2) is 0 Å². The zero-order chi connectivity index (χ0) is 14.8. The first-order chi connectivity index (χ1) is 9.36. The summed E-state index contributed by atoms with van der Waals surface area (Å²) in [5.74, 6) is -1.17. The van der Waals surface area contributed by atoms with Crippen molar-refractivity contribution in [2.45, 2.75) is 50.8 Å². The number of halogens is 3. The fourth-order valence-electron chi connectivity index (χ4n) is 2.98. The molecule has 1 saturated carbocycles. The predicted octanol–water partition coefficient (Wildman–Crippen LogP) is 3.08. The van der Waals surface area contributed by atoms with Gasteiger partial charge in [0, 0.05) is 13.2 Å². The van der Waals surface area contributed by atoms with Crippen LogP contribution in [0.2, 0.25) is 0 Å². The standard InChI is InChI=1S/C14H21F3N2O/c1-19-9-10(8-18-19)2-7-13(20)11-3-5-12(6-4-11)14(15,16)17/h8-9,11-13,20H,2-7H2,1H3. The highest BCUT2D eigenvalue weighted by atomic mass is 19.4. The van der Waals surface area contributed by atoms with Crippen molar-refractivity contribution in [2.75, 3.05) is 0 Å². The number of aromatic nitrogens is 2. The number of aliphatic hydroxyl groups is 1. The molecule has 0 bridgehead atoms.